The predicted octanol–water partition coefficient (Wildman–Crippen LogP) is 14.9. The van der Waals surface area contributed by atoms with Crippen molar-refractivity contribution < 1.29 is 0 Å². The van der Waals surface area contributed by atoms with Crippen molar-refractivity contribution in [3.05, 3.63) is 57.3 Å². The van der Waals surface area contributed by atoms with E-state index in [-0.39, 0.29) is 0 Å². The van der Waals surface area contributed by atoms with Crippen LogP contribution in [0, 0.1) is 13.8 Å². The molecule has 0 saturated carbocycles. The van der Waals surface area contributed by atoms with Gasteiger partial charge in [0, 0.05) is 39.0 Å². The zero-order valence-corrected chi connectivity index (χ0v) is 30.1. The summed E-state index contributed by atoms with van der Waals surface area (Å²) in [6.45, 7) is 9.16. The van der Waals surface area contributed by atoms with E-state index < -0.39 is 0 Å². The topological polar surface area (TPSA) is 0 Å². The van der Waals surface area contributed by atoms with Crippen LogP contribution in [0.3, 0.4) is 0 Å². The maximum atomic E-state index is 2.46. The number of hydrogen-bond acceptors (Lipinski definition) is 4. The Bertz CT molecular complexity index is 1200. The third-order valence-corrected chi connectivity index (χ3v) is 13.3. The molecule has 0 aromatic carbocycles. The summed E-state index contributed by atoms with van der Waals surface area (Å²) in [5, 5.41) is 0. The Hall–Kier alpha value is -1.20. The van der Waals surface area contributed by atoms with Crippen molar-refractivity contribution in [1.29, 1.82) is 0 Å². The first kappa shape index (κ1) is 33.7. The van der Waals surface area contributed by atoms with Crippen LogP contribution in [0.15, 0.2) is 36.4 Å². The van der Waals surface area contributed by atoms with Crippen molar-refractivity contribution in [2.45, 2.75) is 143 Å². The molecule has 4 aromatic heterocycles. The van der Waals surface area contributed by atoms with Gasteiger partial charge in [-0.25, -0.2) is 0 Å². The molecule has 4 heteroatoms. The molecule has 4 heterocycles. The number of aryl methyl sites for hydroxylation is 4. The molecular formula is C38H54S4. The van der Waals surface area contributed by atoms with Gasteiger partial charge in [-0.3, -0.25) is 0 Å². The fourth-order valence-corrected chi connectivity index (χ4v) is 10.5. The first-order valence-electron chi connectivity index (χ1n) is 17.0. The Kier molecular flexibility index (Phi) is 14.9. The van der Waals surface area contributed by atoms with Crippen LogP contribution in [0.2, 0.25) is 0 Å². The van der Waals surface area contributed by atoms with E-state index in [1.807, 2.05) is 45.3 Å². The van der Waals surface area contributed by atoms with Gasteiger partial charge < -0.3 is 0 Å². The quantitative estimate of drug-likeness (QED) is 0.0797. The van der Waals surface area contributed by atoms with E-state index in [1.54, 1.807) is 11.1 Å². The molecule has 0 bridgehead atoms. The van der Waals surface area contributed by atoms with E-state index >= 15 is 0 Å². The molecule has 4 aromatic rings. The maximum absolute atomic E-state index is 2.46. The summed E-state index contributed by atoms with van der Waals surface area (Å²) in [7, 11) is 0. The molecule has 4 rings (SSSR count). The Morgan fingerprint density at radius 1 is 0.405 bits per heavy atom. The van der Waals surface area contributed by atoms with E-state index in [9.17, 15) is 0 Å². The van der Waals surface area contributed by atoms with Crippen LogP contribution < -0.4 is 0 Å². The highest BCUT2D eigenvalue weighted by atomic mass is 32.1. The van der Waals surface area contributed by atoms with E-state index in [2.05, 4.69) is 64.1 Å². The normalized spacial score (nSPS) is 11.6. The Labute approximate surface area is 273 Å². The molecule has 0 radical (unpaired) electrons. The molecule has 0 N–H and O–H groups in total. The first-order valence-corrected chi connectivity index (χ1v) is 20.2. The lowest BCUT2D eigenvalue weighted by atomic mass is 10.0. The molecule has 230 valence electrons. The molecule has 0 fully saturated rings. The van der Waals surface area contributed by atoms with Gasteiger partial charge in [-0.1, -0.05) is 104 Å². The van der Waals surface area contributed by atoms with E-state index in [4.69, 9.17) is 0 Å². The third-order valence-electron chi connectivity index (χ3n) is 8.37. The molecule has 0 spiro atoms. The summed E-state index contributed by atoms with van der Waals surface area (Å²) in [5.41, 5.74) is 3.15. The minimum absolute atomic E-state index is 1.23. The zero-order chi connectivity index (χ0) is 29.6. The van der Waals surface area contributed by atoms with Crippen molar-refractivity contribution in [3.63, 3.8) is 0 Å². The van der Waals surface area contributed by atoms with Crippen LogP contribution in [0.4, 0.5) is 0 Å². The Balaban J connectivity index is 1.32. The van der Waals surface area contributed by atoms with Gasteiger partial charge in [0.15, 0.2) is 0 Å². The molecule has 42 heavy (non-hydrogen) atoms. The van der Waals surface area contributed by atoms with Gasteiger partial charge in [-0.05, 0) is 87.1 Å². The average molecular weight is 639 g/mol. The van der Waals surface area contributed by atoms with Gasteiger partial charge in [-0.2, -0.15) is 0 Å². The first-order chi connectivity index (χ1) is 20.6. The molecule has 0 amide bonds. The second-order valence-corrected chi connectivity index (χ2v) is 16.9. The van der Waals surface area contributed by atoms with E-state index in [0.29, 0.717) is 0 Å². The monoisotopic (exact) mass is 638 g/mol. The number of hydrogen-bond donors (Lipinski definition) is 0. The summed E-state index contributed by atoms with van der Waals surface area (Å²) < 4.78 is 0. The number of rotatable bonds is 21. The summed E-state index contributed by atoms with van der Waals surface area (Å²) in [6, 6.07) is 14.4. The molecule has 0 aliphatic rings. The zero-order valence-electron chi connectivity index (χ0n) is 26.8. The summed E-state index contributed by atoms with van der Waals surface area (Å²) >= 11 is 7.96. The lowest BCUT2D eigenvalue weighted by molar-refractivity contribution is 0.576. The van der Waals surface area contributed by atoms with Crippen molar-refractivity contribution >= 4 is 45.3 Å². The summed E-state index contributed by atoms with van der Waals surface area (Å²) in [6.07, 6.45) is 24.7. The molecule has 0 aliphatic carbocycles. The molecule has 0 aliphatic heterocycles. The largest absolute Gasteiger partial charge is 0.139 e. The van der Waals surface area contributed by atoms with Gasteiger partial charge in [0.25, 0.3) is 0 Å². The van der Waals surface area contributed by atoms with Gasteiger partial charge in [0.2, 0.25) is 0 Å². The average Bonchev–Trinajstić information content (AvgIpc) is 3.78. The van der Waals surface area contributed by atoms with Crippen LogP contribution in [0.25, 0.3) is 29.3 Å². The molecule has 0 saturated heterocycles. The minimum Gasteiger partial charge on any atom is -0.139 e. The predicted molar refractivity (Wildman–Crippen MR) is 196 cm³/mol. The molecule has 0 nitrogen and oxygen atoms in total. The second kappa shape index (κ2) is 18.6. The fourth-order valence-electron chi connectivity index (χ4n) is 6.01. The summed E-state index contributed by atoms with van der Waals surface area (Å²) in [4.78, 5) is 11.7. The molecule has 0 atom stereocenters. The van der Waals surface area contributed by atoms with Gasteiger partial charge in [0.05, 0.1) is 0 Å². The summed E-state index contributed by atoms with van der Waals surface area (Å²) in [5.74, 6) is 0. The number of unbranched alkanes of at least 4 members (excludes halogenated alkanes) is 14. The van der Waals surface area contributed by atoms with Crippen LogP contribution in [-0.4, -0.2) is 0 Å². The van der Waals surface area contributed by atoms with Crippen LogP contribution >= 0.6 is 45.3 Å². The number of thiophene rings is 4. The van der Waals surface area contributed by atoms with Crippen molar-refractivity contribution in [1.82, 2.24) is 0 Å². The lowest BCUT2D eigenvalue weighted by Crippen LogP contribution is -1.86. The second-order valence-electron chi connectivity index (χ2n) is 12.2. The van der Waals surface area contributed by atoms with E-state index in [0.717, 1.165) is 0 Å². The highest BCUT2D eigenvalue weighted by molar-refractivity contribution is 7.28. The highest BCUT2D eigenvalue weighted by Gasteiger charge is 2.16. The van der Waals surface area contributed by atoms with Crippen LogP contribution in [0.1, 0.15) is 137 Å². The maximum Gasteiger partial charge on any atom is 0.0477 e. The SMILES string of the molecule is CCCCCCCCCCc1cc(C)sc1-c1ccc(-c2ccc(-c3sc(C)cc3CCCCCCCCCC)s2)s1. The van der Waals surface area contributed by atoms with Gasteiger partial charge in [-0.15, -0.1) is 45.3 Å². The van der Waals surface area contributed by atoms with Gasteiger partial charge >= 0.3 is 0 Å². The fraction of sp³-hybridized carbons (Fsp3) is 0.579. The Morgan fingerprint density at radius 3 is 1.12 bits per heavy atom. The standard InChI is InChI=1S/C38H54S4/c1-5-7-9-11-13-15-17-19-21-31-27-29(3)39-37(31)35-25-23-33(41-35)34-24-26-36(42-34)38-32(28-30(4)40-38)22-20-18-16-14-12-10-8-6-2/h23-28H,5-22H2,1-4H3. The minimum atomic E-state index is 1.23. The van der Waals surface area contributed by atoms with Crippen molar-refractivity contribution in [2.24, 2.45) is 0 Å². The highest BCUT2D eigenvalue weighted by Crippen LogP contribution is 2.45. The Morgan fingerprint density at radius 2 is 0.738 bits per heavy atom. The third kappa shape index (κ3) is 10.5. The smallest absolute Gasteiger partial charge is 0.0477 e. The van der Waals surface area contributed by atoms with Gasteiger partial charge in [0.1, 0.15) is 0 Å². The van der Waals surface area contributed by atoms with Crippen LogP contribution in [0.5, 0.6) is 0 Å². The van der Waals surface area contributed by atoms with E-state index in [1.165, 1.54) is 155 Å². The molecular weight excluding hydrogens is 585 g/mol. The van der Waals surface area contributed by atoms with Crippen LogP contribution in [-0.2, 0) is 12.8 Å². The lowest BCUT2D eigenvalue weighted by Gasteiger charge is -2.04. The van der Waals surface area contributed by atoms with Crippen molar-refractivity contribution in [2.75, 3.05) is 0 Å². The molecule has 0 unspecified atom stereocenters. The van der Waals surface area contributed by atoms with Crippen molar-refractivity contribution in [3.8, 4) is 29.3 Å².